The Balaban J connectivity index is 1.76. The maximum Gasteiger partial charge on any atom is 0.322 e. The number of urea groups is 1. The molecular formula is C20H23FN2O. The maximum absolute atomic E-state index is 13.7. The van der Waals surface area contributed by atoms with Crippen LogP contribution in [0.2, 0.25) is 0 Å². The van der Waals surface area contributed by atoms with Crippen LogP contribution in [0.5, 0.6) is 0 Å². The minimum atomic E-state index is -0.308. The molecule has 0 aromatic heterocycles. The zero-order chi connectivity index (χ0) is 17.1. The van der Waals surface area contributed by atoms with E-state index in [-0.39, 0.29) is 17.9 Å². The summed E-state index contributed by atoms with van der Waals surface area (Å²) in [7, 11) is 0. The molecular weight excluding hydrogens is 303 g/mol. The molecule has 1 N–H and O–H groups in total. The second kappa shape index (κ2) is 7.04. The summed E-state index contributed by atoms with van der Waals surface area (Å²) in [6.07, 6.45) is 2.33. The Kier molecular flexibility index (Phi) is 4.84. The zero-order valence-corrected chi connectivity index (χ0v) is 14.1. The van der Waals surface area contributed by atoms with Gasteiger partial charge >= 0.3 is 6.03 Å². The normalized spacial score (nSPS) is 15.0. The first kappa shape index (κ1) is 16.5. The van der Waals surface area contributed by atoms with Gasteiger partial charge in [0.05, 0.1) is 0 Å². The van der Waals surface area contributed by atoms with Crippen LogP contribution in [0.3, 0.4) is 0 Å². The lowest BCUT2D eigenvalue weighted by Gasteiger charge is -2.30. The van der Waals surface area contributed by atoms with Gasteiger partial charge in [-0.05, 0) is 55.9 Å². The smallest absolute Gasteiger partial charge is 0.317 e. The monoisotopic (exact) mass is 326 g/mol. The van der Waals surface area contributed by atoms with Gasteiger partial charge in [-0.1, -0.05) is 36.4 Å². The minimum absolute atomic E-state index is 0.167. The van der Waals surface area contributed by atoms with Crippen LogP contribution in [0, 0.1) is 18.7 Å². The molecule has 2 aromatic carbocycles. The zero-order valence-electron chi connectivity index (χ0n) is 14.1. The number of halogens is 1. The Bertz CT molecular complexity index is 713. The van der Waals surface area contributed by atoms with Crippen LogP contribution in [-0.2, 0) is 6.54 Å². The van der Waals surface area contributed by atoms with Crippen molar-refractivity contribution in [1.82, 2.24) is 4.90 Å². The van der Waals surface area contributed by atoms with Gasteiger partial charge in [0.15, 0.2) is 0 Å². The fourth-order valence-corrected chi connectivity index (χ4v) is 2.88. The molecule has 0 radical (unpaired) electrons. The van der Waals surface area contributed by atoms with Gasteiger partial charge in [0.2, 0.25) is 0 Å². The molecule has 2 aromatic rings. The van der Waals surface area contributed by atoms with Crippen molar-refractivity contribution in [2.75, 3.05) is 5.32 Å². The number of hydrogen-bond acceptors (Lipinski definition) is 1. The van der Waals surface area contributed by atoms with Crippen molar-refractivity contribution >= 4 is 11.7 Å². The van der Waals surface area contributed by atoms with Crippen LogP contribution in [0.1, 0.15) is 30.9 Å². The van der Waals surface area contributed by atoms with Gasteiger partial charge in [-0.15, -0.1) is 0 Å². The first-order valence-electron chi connectivity index (χ1n) is 8.42. The predicted molar refractivity (Wildman–Crippen MR) is 94.3 cm³/mol. The highest BCUT2D eigenvalue weighted by Gasteiger charge is 2.34. The summed E-state index contributed by atoms with van der Waals surface area (Å²) in [5.74, 6) is 0.256. The summed E-state index contributed by atoms with van der Waals surface area (Å²) in [5, 5.41) is 2.84. The van der Waals surface area contributed by atoms with E-state index in [2.05, 4.69) is 12.2 Å². The molecule has 0 bridgehead atoms. The van der Waals surface area contributed by atoms with E-state index in [1.807, 2.05) is 35.2 Å². The van der Waals surface area contributed by atoms with Gasteiger partial charge in [-0.3, -0.25) is 0 Å². The highest BCUT2D eigenvalue weighted by Crippen LogP contribution is 2.36. The summed E-state index contributed by atoms with van der Waals surface area (Å²) in [6.45, 7) is 4.35. The van der Waals surface area contributed by atoms with Crippen LogP contribution in [0.4, 0.5) is 14.9 Å². The molecule has 3 nitrogen and oxygen atoms in total. The van der Waals surface area contributed by atoms with Gasteiger partial charge in [-0.25, -0.2) is 9.18 Å². The van der Waals surface area contributed by atoms with Gasteiger partial charge in [0, 0.05) is 18.3 Å². The minimum Gasteiger partial charge on any atom is -0.317 e. The van der Waals surface area contributed by atoms with Crippen molar-refractivity contribution in [3.8, 4) is 0 Å². The Hall–Kier alpha value is -2.36. The lowest BCUT2D eigenvalue weighted by Crippen LogP contribution is -2.42. The first-order chi connectivity index (χ1) is 11.5. The molecule has 24 heavy (non-hydrogen) atoms. The van der Waals surface area contributed by atoms with Gasteiger partial charge in [-0.2, -0.15) is 0 Å². The van der Waals surface area contributed by atoms with E-state index in [9.17, 15) is 9.18 Å². The van der Waals surface area contributed by atoms with Crippen molar-refractivity contribution in [2.24, 2.45) is 5.92 Å². The predicted octanol–water partition coefficient (Wildman–Crippen LogP) is 4.97. The topological polar surface area (TPSA) is 32.3 Å². The molecule has 1 atom stereocenters. The summed E-state index contributed by atoms with van der Waals surface area (Å²) in [6, 6.07) is 14.7. The number of benzene rings is 2. The summed E-state index contributed by atoms with van der Waals surface area (Å²) >= 11 is 0. The number of anilines is 1. The van der Waals surface area contributed by atoms with E-state index in [0.717, 1.165) is 5.56 Å². The second-order valence-corrected chi connectivity index (χ2v) is 6.59. The van der Waals surface area contributed by atoms with Crippen LogP contribution < -0.4 is 5.32 Å². The highest BCUT2D eigenvalue weighted by atomic mass is 19.1. The van der Waals surface area contributed by atoms with E-state index in [4.69, 9.17) is 0 Å². The Labute approximate surface area is 142 Å². The lowest BCUT2D eigenvalue weighted by atomic mass is 10.1. The van der Waals surface area contributed by atoms with E-state index < -0.39 is 0 Å². The number of carbonyl (C=O) groups excluding carboxylic acids is 1. The van der Waals surface area contributed by atoms with Gasteiger partial charge in [0.1, 0.15) is 5.82 Å². The Morgan fingerprint density at radius 3 is 2.58 bits per heavy atom. The Morgan fingerprint density at radius 2 is 1.96 bits per heavy atom. The molecule has 1 unspecified atom stereocenters. The Morgan fingerprint density at radius 1 is 1.25 bits per heavy atom. The van der Waals surface area contributed by atoms with Crippen molar-refractivity contribution in [1.29, 1.82) is 0 Å². The van der Waals surface area contributed by atoms with Crippen molar-refractivity contribution < 1.29 is 9.18 Å². The number of nitrogens with one attached hydrogen (secondary N) is 1. The number of aryl methyl sites for hydroxylation is 1. The average molecular weight is 326 g/mol. The molecule has 0 heterocycles. The third-order valence-corrected chi connectivity index (χ3v) is 4.68. The van der Waals surface area contributed by atoms with Crippen LogP contribution >= 0.6 is 0 Å². The van der Waals surface area contributed by atoms with E-state index in [1.165, 1.54) is 18.9 Å². The molecule has 0 saturated heterocycles. The SMILES string of the molecule is Cc1ccc(NC(=O)N(Cc2ccccc2)C(C)C2CC2)cc1F. The number of carbonyl (C=O) groups is 1. The van der Waals surface area contributed by atoms with Crippen LogP contribution in [0.25, 0.3) is 0 Å². The molecule has 0 aliphatic heterocycles. The molecule has 4 heteroatoms. The molecule has 1 saturated carbocycles. The number of hydrogen-bond donors (Lipinski definition) is 1. The fourth-order valence-electron chi connectivity index (χ4n) is 2.88. The molecule has 126 valence electrons. The molecule has 0 spiro atoms. The lowest BCUT2D eigenvalue weighted by molar-refractivity contribution is 0.181. The van der Waals surface area contributed by atoms with Crippen molar-refractivity contribution in [2.45, 2.75) is 39.3 Å². The average Bonchev–Trinajstić information content (AvgIpc) is 3.41. The van der Waals surface area contributed by atoms with Crippen LogP contribution in [-0.4, -0.2) is 17.0 Å². The summed E-state index contributed by atoms with van der Waals surface area (Å²) in [5.41, 5.74) is 2.15. The molecule has 1 fully saturated rings. The summed E-state index contributed by atoms with van der Waals surface area (Å²) < 4.78 is 13.7. The number of nitrogens with zero attached hydrogens (tertiary/aromatic N) is 1. The number of amides is 2. The van der Waals surface area contributed by atoms with E-state index in [0.29, 0.717) is 23.7 Å². The van der Waals surface area contributed by atoms with Crippen molar-refractivity contribution in [3.63, 3.8) is 0 Å². The third kappa shape index (κ3) is 3.94. The number of rotatable bonds is 5. The molecule has 3 rings (SSSR count). The van der Waals surface area contributed by atoms with Gasteiger partial charge < -0.3 is 10.2 Å². The highest BCUT2D eigenvalue weighted by molar-refractivity contribution is 5.89. The summed E-state index contributed by atoms with van der Waals surface area (Å²) in [4.78, 5) is 14.6. The maximum atomic E-state index is 13.7. The molecule has 1 aliphatic rings. The van der Waals surface area contributed by atoms with Crippen molar-refractivity contribution in [3.05, 3.63) is 65.5 Å². The molecule has 2 amide bonds. The molecule has 1 aliphatic carbocycles. The fraction of sp³-hybridized carbons (Fsp3) is 0.350. The van der Waals surface area contributed by atoms with E-state index >= 15 is 0 Å². The van der Waals surface area contributed by atoms with E-state index in [1.54, 1.807) is 19.1 Å². The largest absolute Gasteiger partial charge is 0.322 e. The standard InChI is InChI=1S/C20H23FN2O/c1-14-8-11-18(12-19(14)21)22-20(24)23(15(2)17-9-10-17)13-16-6-4-3-5-7-16/h3-8,11-12,15,17H,9-10,13H2,1-2H3,(H,22,24). The second-order valence-electron chi connectivity index (χ2n) is 6.59. The van der Waals surface area contributed by atoms with Crippen LogP contribution in [0.15, 0.2) is 48.5 Å². The van der Waals surface area contributed by atoms with Gasteiger partial charge in [0.25, 0.3) is 0 Å². The third-order valence-electron chi connectivity index (χ3n) is 4.68. The first-order valence-corrected chi connectivity index (χ1v) is 8.42. The quantitative estimate of drug-likeness (QED) is 0.827.